The second kappa shape index (κ2) is 11.0. The molecule has 4 amide bonds. The van der Waals surface area contributed by atoms with Crippen LogP contribution >= 0.6 is 23.2 Å². The molecule has 0 spiro atoms. The molecule has 10 heteroatoms. The Morgan fingerprint density at radius 3 is 2.16 bits per heavy atom. The van der Waals surface area contributed by atoms with Crippen LogP contribution < -0.4 is 21.3 Å². The Morgan fingerprint density at radius 1 is 0.844 bits per heavy atom. The van der Waals surface area contributed by atoms with Crippen LogP contribution in [-0.4, -0.2) is 36.7 Å². The zero-order valence-corrected chi connectivity index (χ0v) is 18.6. The fourth-order valence-corrected chi connectivity index (χ4v) is 3.22. The molecular weight excluding hydrogens is 455 g/mol. The van der Waals surface area contributed by atoms with Gasteiger partial charge in [-0.3, -0.25) is 19.2 Å². The Balaban J connectivity index is 1.34. The number of nitrogens with one attached hydrogen (secondary N) is 4. The molecule has 2 aromatic rings. The van der Waals surface area contributed by atoms with E-state index in [9.17, 15) is 19.2 Å². The van der Waals surface area contributed by atoms with Crippen molar-refractivity contribution in [1.29, 1.82) is 0 Å². The highest BCUT2D eigenvalue weighted by atomic mass is 35.5. The lowest BCUT2D eigenvalue weighted by Crippen LogP contribution is -2.41. The Kier molecular flexibility index (Phi) is 8.08. The van der Waals surface area contributed by atoms with E-state index in [-0.39, 0.29) is 48.0 Å². The number of carbonyl (C=O) groups is 4. The molecule has 4 N–H and O–H groups in total. The summed E-state index contributed by atoms with van der Waals surface area (Å²) >= 11 is 11.7. The minimum absolute atomic E-state index is 0.0363. The molecule has 32 heavy (non-hydrogen) atoms. The number of halogens is 2. The second-order valence-electron chi connectivity index (χ2n) is 7.32. The summed E-state index contributed by atoms with van der Waals surface area (Å²) in [6, 6.07) is 11.6. The van der Waals surface area contributed by atoms with E-state index in [4.69, 9.17) is 23.2 Å². The van der Waals surface area contributed by atoms with E-state index < -0.39 is 11.8 Å². The maximum absolute atomic E-state index is 12.1. The largest absolute Gasteiger partial charge is 0.350 e. The Bertz CT molecular complexity index is 1020. The van der Waals surface area contributed by atoms with E-state index in [1.165, 1.54) is 18.2 Å². The predicted molar refractivity (Wildman–Crippen MR) is 121 cm³/mol. The molecular formula is C22H22Cl2N4O4. The highest BCUT2D eigenvalue weighted by Gasteiger charge is 2.29. The van der Waals surface area contributed by atoms with Crippen LogP contribution in [0.5, 0.6) is 0 Å². The average Bonchev–Trinajstić information content (AvgIpc) is 3.61. The molecule has 3 rings (SSSR count). The summed E-state index contributed by atoms with van der Waals surface area (Å²) < 4.78 is 0. The second-order valence-corrected chi connectivity index (χ2v) is 8.16. The summed E-state index contributed by atoms with van der Waals surface area (Å²) in [6.07, 6.45) is 1.88. The number of anilines is 1. The minimum Gasteiger partial charge on any atom is -0.350 e. The number of carbonyl (C=O) groups excluding carboxylic acids is 4. The van der Waals surface area contributed by atoms with Gasteiger partial charge in [0.15, 0.2) is 0 Å². The first-order valence-corrected chi connectivity index (χ1v) is 10.7. The van der Waals surface area contributed by atoms with Crippen molar-refractivity contribution in [2.75, 3.05) is 18.4 Å². The van der Waals surface area contributed by atoms with E-state index in [2.05, 4.69) is 21.3 Å². The predicted octanol–water partition coefficient (Wildman–Crippen LogP) is 2.50. The molecule has 168 valence electrons. The summed E-state index contributed by atoms with van der Waals surface area (Å²) in [6.45, 7) is -0.262. The SMILES string of the molecule is O=C(CNC(=O)CNC(=O)c1ccc(Cl)cc1Cl)NCc1ccc(NC(=O)C2CC2)cc1. The average molecular weight is 477 g/mol. The molecule has 1 aliphatic carbocycles. The van der Waals surface area contributed by atoms with Crippen LogP contribution in [0.25, 0.3) is 0 Å². The van der Waals surface area contributed by atoms with Crippen LogP contribution in [0.3, 0.4) is 0 Å². The third-order valence-corrected chi connectivity index (χ3v) is 5.24. The number of benzene rings is 2. The minimum atomic E-state index is -0.525. The molecule has 0 aliphatic heterocycles. The van der Waals surface area contributed by atoms with Crippen molar-refractivity contribution >= 4 is 52.5 Å². The maximum atomic E-state index is 12.1. The van der Waals surface area contributed by atoms with Gasteiger partial charge in [-0.05, 0) is 48.7 Å². The molecule has 0 atom stereocenters. The van der Waals surface area contributed by atoms with Crippen LogP contribution in [0.4, 0.5) is 5.69 Å². The molecule has 1 aliphatic rings. The van der Waals surface area contributed by atoms with Gasteiger partial charge in [0.05, 0.1) is 23.7 Å². The van der Waals surface area contributed by atoms with Crippen molar-refractivity contribution in [3.05, 3.63) is 63.6 Å². The zero-order chi connectivity index (χ0) is 23.1. The Morgan fingerprint density at radius 2 is 1.50 bits per heavy atom. The van der Waals surface area contributed by atoms with E-state index in [0.29, 0.717) is 10.7 Å². The number of hydrogen-bond donors (Lipinski definition) is 4. The van der Waals surface area contributed by atoms with Gasteiger partial charge in [0.25, 0.3) is 5.91 Å². The van der Waals surface area contributed by atoms with Crippen molar-refractivity contribution in [2.45, 2.75) is 19.4 Å². The fraction of sp³-hybridized carbons (Fsp3) is 0.273. The number of rotatable bonds is 9. The monoisotopic (exact) mass is 476 g/mol. The normalized spacial score (nSPS) is 12.6. The molecule has 0 bridgehead atoms. The molecule has 8 nitrogen and oxygen atoms in total. The number of amides is 4. The lowest BCUT2D eigenvalue weighted by molar-refractivity contribution is -0.125. The van der Waals surface area contributed by atoms with Crippen LogP contribution in [0.15, 0.2) is 42.5 Å². The van der Waals surface area contributed by atoms with Gasteiger partial charge in [-0.15, -0.1) is 0 Å². The van der Waals surface area contributed by atoms with E-state index >= 15 is 0 Å². The summed E-state index contributed by atoms with van der Waals surface area (Å²) in [4.78, 5) is 47.7. The van der Waals surface area contributed by atoms with E-state index in [0.717, 1.165) is 18.4 Å². The zero-order valence-electron chi connectivity index (χ0n) is 17.0. The van der Waals surface area contributed by atoms with Gasteiger partial charge in [0.1, 0.15) is 0 Å². The quantitative estimate of drug-likeness (QED) is 0.444. The Labute approximate surface area is 195 Å². The summed E-state index contributed by atoms with van der Waals surface area (Å²) in [5.41, 5.74) is 1.76. The van der Waals surface area contributed by atoms with Crippen LogP contribution in [0.2, 0.25) is 10.0 Å². The molecule has 0 radical (unpaired) electrons. The van der Waals surface area contributed by atoms with Gasteiger partial charge in [-0.2, -0.15) is 0 Å². The van der Waals surface area contributed by atoms with E-state index in [1.807, 2.05) is 0 Å². The summed E-state index contributed by atoms with van der Waals surface area (Å²) in [7, 11) is 0. The van der Waals surface area contributed by atoms with Crippen LogP contribution in [0.1, 0.15) is 28.8 Å². The van der Waals surface area contributed by atoms with Crippen molar-refractivity contribution in [3.8, 4) is 0 Å². The third kappa shape index (κ3) is 7.25. The van der Waals surface area contributed by atoms with Gasteiger partial charge in [-0.1, -0.05) is 35.3 Å². The first kappa shape index (κ1) is 23.6. The fourth-order valence-electron chi connectivity index (χ4n) is 2.73. The van der Waals surface area contributed by atoms with Crippen molar-refractivity contribution in [2.24, 2.45) is 5.92 Å². The van der Waals surface area contributed by atoms with Crippen molar-refractivity contribution in [3.63, 3.8) is 0 Å². The van der Waals surface area contributed by atoms with Crippen LogP contribution in [0, 0.1) is 5.92 Å². The first-order valence-electron chi connectivity index (χ1n) is 9.98. The summed E-state index contributed by atoms with van der Waals surface area (Å²) in [5.74, 6) is -1.25. The molecule has 1 fully saturated rings. The van der Waals surface area contributed by atoms with E-state index in [1.54, 1.807) is 24.3 Å². The van der Waals surface area contributed by atoms with Gasteiger partial charge >= 0.3 is 0 Å². The lowest BCUT2D eigenvalue weighted by Gasteiger charge is -2.09. The molecule has 0 saturated heterocycles. The van der Waals surface area contributed by atoms with Gasteiger partial charge < -0.3 is 21.3 Å². The van der Waals surface area contributed by atoms with Gasteiger partial charge in [0.2, 0.25) is 17.7 Å². The van der Waals surface area contributed by atoms with Gasteiger partial charge in [-0.25, -0.2) is 0 Å². The third-order valence-electron chi connectivity index (χ3n) is 4.69. The maximum Gasteiger partial charge on any atom is 0.253 e. The summed E-state index contributed by atoms with van der Waals surface area (Å²) in [5, 5.41) is 11.0. The van der Waals surface area contributed by atoms with Gasteiger partial charge in [0, 0.05) is 23.2 Å². The van der Waals surface area contributed by atoms with Crippen molar-refractivity contribution in [1.82, 2.24) is 16.0 Å². The molecule has 1 saturated carbocycles. The molecule has 0 unspecified atom stereocenters. The molecule has 0 aromatic heterocycles. The number of hydrogen-bond acceptors (Lipinski definition) is 4. The molecule has 0 heterocycles. The highest BCUT2D eigenvalue weighted by molar-refractivity contribution is 6.36. The lowest BCUT2D eigenvalue weighted by atomic mass is 10.2. The topological polar surface area (TPSA) is 116 Å². The molecule has 2 aromatic carbocycles. The first-order chi connectivity index (χ1) is 15.3. The standard InChI is InChI=1S/C22H22Cl2N4O4/c23-15-5-8-17(18(24)9-15)22(32)27-12-20(30)26-11-19(29)25-10-13-1-6-16(7-2-13)28-21(31)14-3-4-14/h1-2,5-9,14H,3-4,10-12H2,(H,25,29)(H,26,30)(H,27,32)(H,28,31). The Hall–Kier alpha value is -3.10. The van der Waals surface area contributed by atoms with Crippen LogP contribution in [-0.2, 0) is 20.9 Å². The highest BCUT2D eigenvalue weighted by Crippen LogP contribution is 2.30. The smallest absolute Gasteiger partial charge is 0.253 e. The van der Waals surface area contributed by atoms with Crippen molar-refractivity contribution < 1.29 is 19.2 Å².